The third-order valence-electron chi connectivity index (χ3n) is 9.46. The molecular formula is C31H38BF2N3O5. The zero-order chi connectivity index (χ0) is 30.0. The molecule has 224 valence electrons. The third kappa shape index (κ3) is 5.09. The number of aromatic nitrogens is 2. The van der Waals surface area contributed by atoms with Gasteiger partial charge in [-0.3, -0.25) is 4.79 Å². The molecule has 1 saturated carbocycles. The molecule has 0 spiro atoms. The molecule has 2 aromatic carbocycles. The van der Waals surface area contributed by atoms with E-state index in [9.17, 15) is 18.7 Å². The number of ether oxygens (including phenoxy) is 1. The number of aliphatic hydroxyl groups is 1. The van der Waals surface area contributed by atoms with Crippen molar-refractivity contribution in [2.24, 2.45) is 0 Å². The molecule has 6 rings (SSSR count). The molecule has 11 heteroatoms. The summed E-state index contributed by atoms with van der Waals surface area (Å²) in [5.41, 5.74) is 2.00. The second-order valence-corrected chi connectivity index (χ2v) is 12.8. The highest BCUT2D eigenvalue weighted by atomic mass is 19.2. The van der Waals surface area contributed by atoms with Crippen LogP contribution in [0.15, 0.2) is 36.4 Å². The van der Waals surface area contributed by atoms with Gasteiger partial charge < -0.3 is 28.6 Å². The highest BCUT2D eigenvalue weighted by Crippen LogP contribution is 2.43. The summed E-state index contributed by atoms with van der Waals surface area (Å²) in [5.74, 6) is -1.41. The summed E-state index contributed by atoms with van der Waals surface area (Å²) in [6, 6.07) is 9.48. The molecule has 2 atom stereocenters. The van der Waals surface area contributed by atoms with E-state index >= 15 is 0 Å². The van der Waals surface area contributed by atoms with Gasteiger partial charge in [-0.1, -0.05) is 6.07 Å². The van der Waals surface area contributed by atoms with Gasteiger partial charge in [0.25, 0.3) is 0 Å². The number of hydrogen-bond donors (Lipinski definition) is 1. The lowest BCUT2D eigenvalue weighted by atomic mass is 9.79. The number of hydrogen-bond acceptors (Lipinski definition) is 7. The molecule has 0 amide bonds. The number of esters is 1. The monoisotopic (exact) mass is 581 g/mol. The number of rotatable bonds is 5. The highest BCUT2D eigenvalue weighted by molar-refractivity contribution is 6.62. The highest BCUT2D eigenvalue weighted by Gasteiger charge is 2.52. The zero-order valence-electron chi connectivity index (χ0n) is 24.8. The molecular weight excluding hydrogens is 543 g/mol. The molecule has 3 aromatic rings. The minimum Gasteiger partial charge on any atom is -0.463 e. The summed E-state index contributed by atoms with van der Waals surface area (Å²) in [6.45, 7) is 9.50. The van der Waals surface area contributed by atoms with Crippen LogP contribution >= 0.6 is 0 Å². The van der Waals surface area contributed by atoms with E-state index in [2.05, 4.69) is 4.57 Å². The number of carbonyl (C=O) groups excluding carboxylic acids is 1. The van der Waals surface area contributed by atoms with Gasteiger partial charge in [0.2, 0.25) is 0 Å². The number of benzene rings is 2. The van der Waals surface area contributed by atoms with Gasteiger partial charge in [-0.25, -0.2) is 13.8 Å². The van der Waals surface area contributed by atoms with Crippen LogP contribution in [0.25, 0.3) is 11.0 Å². The van der Waals surface area contributed by atoms with Gasteiger partial charge in [0.05, 0.1) is 28.3 Å². The molecule has 2 saturated heterocycles. The maximum absolute atomic E-state index is 14.3. The van der Waals surface area contributed by atoms with Gasteiger partial charge in [-0.2, -0.15) is 0 Å². The standard InChI is InChI=1S/C31H38BF2N3O5/c1-18(38)40-22-10-7-20(8-11-22)37-26-13-6-19(32-41-30(2,3)31(4,5)42-32)16-25(26)35-29(37)27-14-15-28(39)36(27)21-9-12-23(33)24(34)17-21/h6,9,12-13,16-17,20,22,27-28,39H,7-8,10-11,14-15H2,1-5H3/t20-,22-,27-,28?/m0/s1. The van der Waals surface area contributed by atoms with Gasteiger partial charge in [0.1, 0.15) is 18.2 Å². The van der Waals surface area contributed by atoms with Crippen LogP contribution in [0.2, 0.25) is 0 Å². The van der Waals surface area contributed by atoms with Crippen molar-refractivity contribution in [1.29, 1.82) is 0 Å². The van der Waals surface area contributed by atoms with Crippen LogP contribution in [-0.4, -0.2) is 51.3 Å². The molecule has 42 heavy (non-hydrogen) atoms. The van der Waals surface area contributed by atoms with Gasteiger partial charge in [-0.05, 0) is 95.9 Å². The fourth-order valence-corrected chi connectivity index (χ4v) is 6.58. The van der Waals surface area contributed by atoms with Crippen LogP contribution in [-0.2, 0) is 18.8 Å². The van der Waals surface area contributed by atoms with Crippen molar-refractivity contribution in [3.63, 3.8) is 0 Å². The number of aliphatic hydroxyl groups excluding tert-OH is 1. The summed E-state index contributed by atoms with van der Waals surface area (Å²) in [7, 11) is -0.542. The fraction of sp³-hybridized carbons (Fsp3) is 0.548. The van der Waals surface area contributed by atoms with E-state index in [4.69, 9.17) is 19.0 Å². The molecule has 0 bridgehead atoms. The average molecular weight is 581 g/mol. The lowest BCUT2D eigenvalue weighted by Gasteiger charge is -2.34. The molecule has 1 aromatic heterocycles. The fourth-order valence-electron chi connectivity index (χ4n) is 6.58. The first-order valence-corrected chi connectivity index (χ1v) is 14.8. The number of anilines is 1. The minimum atomic E-state index is -0.963. The summed E-state index contributed by atoms with van der Waals surface area (Å²) >= 11 is 0. The largest absolute Gasteiger partial charge is 0.494 e. The Morgan fingerprint density at radius 2 is 1.67 bits per heavy atom. The van der Waals surface area contributed by atoms with Gasteiger partial charge >= 0.3 is 13.1 Å². The Bertz CT molecular complexity index is 1490. The molecule has 1 N–H and O–H groups in total. The number of carbonyl (C=O) groups is 1. The van der Waals surface area contributed by atoms with Crippen molar-refractivity contribution < 1.29 is 32.7 Å². The summed E-state index contributed by atoms with van der Waals surface area (Å²) < 4.78 is 48.4. The van der Waals surface area contributed by atoms with Gasteiger partial charge in [0.15, 0.2) is 11.6 Å². The molecule has 1 aliphatic carbocycles. The Labute approximate surface area is 245 Å². The van der Waals surface area contributed by atoms with E-state index in [-0.39, 0.29) is 24.2 Å². The second-order valence-electron chi connectivity index (χ2n) is 12.8. The topological polar surface area (TPSA) is 86.1 Å². The maximum Gasteiger partial charge on any atom is 0.494 e. The Morgan fingerprint density at radius 3 is 2.31 bits per heavy atom. The van der Waals surface area contributed by atoms with Crippen molar-refractivity contribution in [1.82, 2.24) is 9.55 Å². The summed E-state index contributed by atoms with van der Waals surface area (Å²) in [6.07, 6.45) is 3.12. The van der Waals surface area contributed by atoms with Gasteiger partial charge in [-0.15, -0.1) is 0 Å². The van der Waals surface area contributed by atoms with Gasteiger partial charge in [0, 0.05) is 24.7 Å². The van der Waals surface area contributed by atoms with Crippen LogP contribution in [0.3, 0.4) is 0 Å². The van der Waals surface area contributed by atoms with Crippen LogP contribution in [0, 0.1) is 11.6 Å². The predicted molar refractivity (Wildman–Crippen MR) is 155 cm³/mol. The summed E-state index contributed by atoms with van der Waals surface area (Å²) in [5, 5.41) is 11.0. The smallest absolute Gasteiger partial charge is 0.463 e. The van der Waals surface area contributed by atoms with Crippen LogP contribution < -0.4 is 10.4 Å². The first kappa shape index (κ1) is 29.1. The van der Waals surface area contributed by atoms with Crippen molar-refractivity contribution in [2.75, 3.05) is 4.90 Å². The molecule has 2 aliphatic heterocycles. The van der Waals surface area contributed by atoms with Crippen molar-refractivity contribution in [3.05, 3.63) is 53.9 Å². The molecule has 3 fully saturated rings. The summed E-state index contributed by atoms with van der Waals surface area (Å²) in [4.78, 5) is 18.4. The second kappa shape index (κ2) is 10.6. The number of nitrogens with zero attached hydrogens (tertiary/aromatic N) is 3. The van der Waals surface area contributed by atoms with Crippen molar-refractivity contribution in [3.8, 4) is 0 Å². The predicted octanol–water partition coefficient (Wildman–Crippen LogP) is 5.32. The normalized spacial score (nSPS) is 27.1. The molecule has 8 nitrogen and oxygen atoms in total. The van der Waals surface area contributed by atoms with E-state index < -0.39 is 36.2 Å². The SMILES string of the molecule is CC(=O)O[C@H]1CC[C@H](n2c([C@@H]3CCC(O)N3c3ccc(F)c(F)c3)nc3cc(B4OC(C)(C)C(C)(C)O4)ccc32)CC1. The van der Waals surface area contributed by atoms with Crippen LogP contribution in [0.4, 0.5) is 14.5 Å². The average Bonchev–Trinajstić information content (AvgIpc) is 3.55. The molecule has 0 radical (unpaired) electrons. The first-order valence-electron chi connectivity index (χ1n) is 14.8. The van der Waals surface area contributed by atoms with E-state index in [0.29, 0.717) is 18.5 Å². The number of fused-ring (bicyclic) bond motifs is 1. The molecule has 3 heterocycles. The maximum atomic E-state index is 14.3. The minimum absolute atomic E-state index is 0.0871. The van der Waals surface area contributed by atoms with E-state index in [1.165, 1.54) is 13.0 Å². The van der Waals surface area contributed by atoms with Crippen LogP contribution in [0.1, 0.15) is 91.1 Å². The van der Waals surface area contributed by atoms with Crippen molar-refractivity contribution in [2.45, 2.75) is 109 Å². The Balaban J connectivity index is 1.41. The number of halogens is 2. The van der Waals surface area contributed by atoms with E-state index in [0.717, 1.165) is 60.1 Å². The zero-order valence-corrected chi connectivity index (χ0v) is 24.8. The quantitative estimate of drug-likeness (QED) is 0.323. The van der Waals surface area contributed by atoms with E-state index in [1.807, 2.05) is 45.9 Å². The molecule has 1 unspecified atom stereocenters. The molecule has 3 aliphatic rings. The Hall–Kier alpha value is -3.02. The Morgan fingerprint density at radius 1 is 0.976 bits per heavy atom. The lowest BCUT2D eigenvalue weighted by molar-refractivity contribution is -0.148. The third-order valence-corrected chi connectivity index (χ3v) is 9.46. The van der Waals surface area contributed by atoms with Crippen molar-refractivity contribution >= 4 is 35.3 Å². The Kier molecular flexibility index (Phi) is 7.34. The number of imidazole rings is 1. The first-order chi connectivity index (χ1) is 19.8. The lowest BCUT2D eigenvalue weighted by Crippen LogP contribution is -2.41. The van der Waals surface area contributed by atoms with Crippen LogP contribution in [0.5, 0.6) is 0 Å². The van der Waals surface area contributed by atoms with E-state index in [1.54, 1.807) is 4.90 Å².